The number of hydrogen-bond donors (Lipinski definition) is 1. The van der Waals surface area contributed by atoms with E-state index in [0.717, 1.165) is 22.4 Å². The van der Waals surface area contributed by atoms with Gasteiger partial charge >= 0.3 is 0 Å². The number of aromatic nitrogens is 2. The van der Waals surface area contributed by atoms with Crippen LogP contribution in [-0.2, 0) is 9.59 Å². The average Bonchev–Trinajstić information content (AvgIpc) is 3.02. The fraction of sp³-hybridized carbons (Fsp3) is 0.250. The van der Waals surface area contributed by atoms with E-state index in [1.165, 1.54) is 9.80 Å². The Bertz CT molecular complexity index is 949. The van der Waals surface area contributed by atoms with Crippen LogP contribution >= 0.6 is 0 Å². The van der Waals surface area contributed by atoms with Crippen molar-refractivity contribution >= 4 is 36.0 Å². The van der Waals surface area contributed by atoms with Gasteiger partial charge in [0.1, 0.15) is 11.4 Å². The first kappa shape index (κ1) is 18.4. The van der Waals surface area contributed by atoms with Gasteiger partial charge < -0.3 is 14.6 Å². The van der Waals surface area contributed by atoms with Crippen molar-refractivity contribution in [2.45, 2.75) is 13.8 Å². The fourth-order valence-electron chi connectivity index (χ4n) is 3.15. The maximum Gasteiger partial charge on any atom is 0.259 e. The lowest BCUT2D eigenvalue weighted by Gasteiger charge is -2.13. The maximum absolute atomic E-state index is 12.9. The molecule has 3 rings (SSSR count). The van der Waals surface area contributed by atoms with Crippen LogP contribution in [0.1, 0.15) is 28.1 Å². The Morgan fingerprint density at radius 3 is 2.52 bits per heavy atom. The molecule has 2 aromatic rings. The molecule has 2 heterocycles. The van der Waals surface area contributed by atoms with Crippen molar-refractivity contribution in [1.82, 2.24) is 14.9 Å². The summed E-state index contributed by atoms with van der Waals surface area (Å²) in [5.74, 6) is 1.03. The second kappa shape index (κ2) is 7.11. The van der Waals surface area contributed by atoms with Crippen molar-refractivity contribution in [1.29, 1.82) is 0 Å². The van der Waals surface area contributed by atoms with Crippen LogP contribution in [0.25, 0.3) is 17.7 Å². The number of rotatable bonds is 4. The summed E-state index contributed by atoms with van der Waals surface area (Å²) < 4.78 is 5.42. The van der Waals surface area contributed by atoms with Gasteiger partial charge in [-0.15, -0.1) is 0 Å². The molecule has 1 aliphatic rings. The van der Waals surface area contributed by atoms with E-state index in [4.69, 9.17) is 4.74 Å². The lowest BCUT2D eigenvalue weighted by molar-refractivity contribution is -0.121. The molecule has 0 spiro atoms. The number of benzene rings is 1. The number of carbonyl (C=O) groups is 2. The summed E-state index contributed by atoms with van der Waals surface area (Å²) in [4.78, 5) is 34.3. The molecular weight excluding hydrogens is 344 g/mol. The Morgan fingerprint density at radius 2 is 1.93 bits per heavy atom. The van der Waals surface area contributed by atoms with Gasteiger partial charge in [-0.25, -0.2) is 4.98 Å². The van der Waals surface area contributed by atoms with Gasteiger partial charge in [-0.3, -0.25) is 14.5 Å². The van der Waals surface area contributed by atoms with Gasteiger partial charge in [0.05, 0.1) is 18.4 Å². The number of carbonyl (C=O) groups excluding carboxylic acids is 2. The zero-order chi connectivity index (χ0) is 19.7. The number of H-pyrrole nitrogens is 1. The Hall–Kier alpha value is -3.35. The summed E-state index contributed by atoms with van der Waals surface area (Å²) in [6, 6.07) is 3.93. The number of amides is 2. The molecule has 7 nitrogen and oxygen atoms in total. The third kappa shape index (κ3) is 3.36. The van der Waals surface area contributed by atoms with E-state index in [1.807, 2.05) is 32.1 Å². The summed E-state index contributed by atoms with van der Waals surface area (Å²) in [5, 5.41) is 0. The lowest BCUT2D eigenvalue weighted by atomic mass is 10.0. The topological polar surface area (TPSA) is 78.5 Å². The van der Waals surface area contributed by atoms with Crippen LogP contribution in [0.2, 0.25) is 0 Å². The highest BCUT2D eigenvalue weighted by Crippen LogP contribution is 2.30. The molecule has 0 aliphatic carbocycles. The van der Waals surface area contributed by atoms with Crippen LogP contribution in [0.15, 0.2) is 18.3 Å². The van der Waals surface area contributed by atoms with E-state index >= 15 is 0 Å². The van der Waals surface area contributed by atoms with Gasteiger partial charge in [0.25, 0.3) is 5.91 Å². The molecule has 0 atom stereocenters. The van der Waals surface area contributed by atoms with Crippen LogP contribution in [0, 0.1) is 13.8 Å². The second-order valence-corrected chi connectivity index (χ2v) is 6.52. The maximum atomic E-state index is 12.9. The Kier molecular flexibility index (Phi) is 4.85. The summed E-state index contributed by atoms with van der Waals surface area (Å²) in [7, 11) is 4.94. The third-order valence-electron chi connectivity index (χ3n) is 4.48. The smallest absolute Gasteiger partial charge is 0.259 e. The van der Waals surface area contributed by atoms with E-state index in [-0.39, 0.29) is 5.91 Å². The van der Waals surface area contributed by atoms with E-state index in [9.17, 15) is 9.59 Å². The number of ether oxygens (including phenoxy) is 1. The molecule has 2 amide bonds. The Morgan fingerprint density at radius 1 is 1.26 bits per heavy atom. The van der Waals surface area contributed by atoms with Gasteiger partial charge in [-0.2, -0.15) is 0 Å². The molecule has 0 fully saturated rings. The summed E-state index contributed by atoms with van der Waals surface area (Å²) in [6.45, 7) is 3.93. The van der Waals surface area contributed by atoms with Gasteiger partial charge in [0, 0.05) is 20.3 Å². The fourth-order valence-corrected chi connectivity index (χ4v) is 3.15. The van der Waals surface area contributed by atoms with Crippen molar-refractivity contribution in [3.63, 3.8) is 0 Å². The molecule has 140 valence electrons. The molecule has 0 radical (unpaired) electrons. The number of hydrogen-bond acceptors (Lipinski definition) is 4. The van der Waals surface area contributed by atoms with Crippen molar-refractivity contribution in [3.8, 4) is 5.75 Å². The zero-order valence-corrected chi connectivity index (χ0v) is 16.0. The largest absolute Gasteiger partial charge is 0.496 e. The molecule has 0 saturated heterocycles. The third-order valence-corrected chi connectivity index (χ3v) is 4.48. The van der Waals surface area contributed by atoms with E-state index in [1.54, 1.807) is 33.5 Å². The van der Waals surface area contributed by atoms with Crippen molar-refractivity contribution in [3.05, 3.63) is 46.4 Å². The normalized spacial score (nSPS) is 14.9. The summed E-state index contributed by atoms with van der Waals surface area (Å²) >= 11 is 0. The molecule has 1 N–H and O–H groups in total. The van der Waals surface area contributed by atoms with Crippen LogP contribution in [0.3, 0.4) is 0 Å². The average molecular weight is 366 g/mol. The van der Waals surface area contributed by atoms with Crippen LogP contribution in [-0.4, -0.2) is 48.4 Å². The zero-order valence-electron chi connectivity index (χ0n) is 16.0. The summed E-state index contributed by atoms with van der Waals surface area (Å²) in [5.41, 5.74) is 4.48. The van der Waals surface area contributed by atoms with Gasteiger partial charge in [-0.05, 0) is 54.8 Å². The van der Waals surface area contributed by atoms with Crippen LogP contribution in [0.4, 0.5) is 5.95 Å². The molecule has 0 bridgehead atoms. The number of fused-ring (bicyclic) bond motifs is 1. The Balaban J connectivity index is 2.17. The molecule has 0 saturated carbocycles. The van der Waals surface area contributed by atoms with Crippen LogP contribution < -0.4 is 9.64 Å². The lowest BCUT2D eigenvalue weighted by Crippen LogP contribution is -2.21. The monoisotopic (exact) mass is 366 g/mol. The van der Waals surface area contributed by atoms with E-state index < -0.39 is 0 Å². The molecule has 0 unspecified atom stereocenters. The SMILES string of the molecule is COc1c(C)cc(/C=C2/C(=O)N(C)C=Cc3[nH]c(N(C)C=O)nc32)cc1C. The highest BCUT2D eigenvalue weighted by molar-refractivity contribution is 6.25. The standard InChI is InChI=1S/C20H22N4O3/c1-12-8-14(9-13(2)18(12)27-5)10-15-17-16(6-7-23(3)19(15)26)21-20(22-17)24(4)11-25/h6-11H,1-5H3,(H,21,22)/b15-10+. The first-order chi connectivity index (χ1) is 12.8. The van der Waals surface area contributed by atoms with Gasteiger partial charge in [0.2, 0.25) is 12.4 Å². The van der Waals surface area contributed by atoms with Crippen LogP contribution in [0.5, 0.6) is 5.75 Å². The van der Waals surface area contributed by atoms with Gasteiger partial charge in [0.15, 0.2) is 0 Å². The number of nitrogens with zero attached hydrogens (tertiary/aromatic N) is 3. The molecule has 7 heteroatoms. The van der Waals surface area contributed by atoms with Crippen molar-refractivity contribution < 1.29 is 14.3 Å². The number of aromatic amines is 1. The molecule has 1 aromatic heterocycles. The van der Waals surface area contributed by atoms with Crippen molar-refractivity contribution in [2.75, 3.05) is 26.1 Å². The first-order valence-corrected chi connectivity index (χ1v) is 8.46. The minimum absolute atomic E-state index is 0.178. The number of likely N-dealkylation sites (N-methyl/N-ethyl adjacent to an activating group) is 1. The number of anilines is 1. The van der Waals surface area contributed by atoms with E-state index in [2.05, 4.69) is 9.97 Å². The minimum Gasteiger partial charge on any atom is -0.496 e. The molecule has 1 aliphatic heterocycles. The highest BCUT2D eigenvalue weighted by Gasteiger charge is 2.25. The Labute approximate surface area is 158 Å². The highest BCUT2D eigenvalue weighted by atomic mass is 16.5. The molecular formula is C20H22N4O3. The second-order valence-electron chi connectivity index (χ2n) is 6.52. The molecule has 1 aromatic carbocycles. The number of methoxy groups -OCH3 is 1. The minimum atomic E-state index is -0.178. The van der Waals surface area contributed by atoms with Crippen molar-refractivity contribution in [2.24, 2.45) is 0 Å². The van der Waals surface area contributed by atoms with Gasteiger partial charge in [-0.1, -0.05) is 0 Å². The predicted octanol–water partition coefficient (Wildman–Crippen LogP) is 2.61. The van der Waals surface area contributed by atoms with E-state index in [0.29, 0.717) is 29.3 Å². The first-order valence-electron chi connectivity index (χ1n) is 8.46. The summed E-state index contributed by atoms with van der Waals surface area (Å²) in [6.07, 6.45) is 5.92. The predicted molar refractivity (Wildman–Crippen MR) is 105 cm³/mol. The molecule has 27 heavy (non-hydrogen) atoms. The number of imidazole rings is 1. The number of aryl methyl sites for hydroxylation is 2. The number of nitrogens with one attached hydrogen (secondary N) is 1. The quantitative estimate of drug-likeness (QED) is 0.666.